The topological polar surface area (TPSA) is 73.9 Å². The lowest BCUT2D eigenvalue weighted by Gasteiger charge is -2.28. The van der Waals surface area contributed by atoms with E-state index in [0.29, 0.717) is 24.6 Å². The maximum atomic E-state index is 12.5. The molecule has 1 atom stereocenters. The van der Waals surface area contributed by atoms with Gasteiger partial charge in [0.05, 0.1) is 18.3 Å². The molecule has 7 nitrogen and oxygen atoms in total. The van der Waals surface area contributed by atoms with Crippen molar-refractivity contribution in [3.63, 3.8) is 0 Å². The van der Waals surface area contributed by atoms with Crippen LogP contribution in [-0.2, 0) is 9.59 Å². The zero-order chi connectivity index (χ0) is 22.2. The van der Waals surface area contributed by atoms with E-state index in [1.54, 1.807) is 18.2 Å². The zero-order valence-corrected chi connectivity index (χ0v) is 18.6. The average Bonchev–Trinajstić information content (AvgIpc) is 3.30. The standard InChI is InChI=1S/C24H32N4O3/c1-4-31-22-10-6-5-9-20(22)26-24(30)23(29)25-17-21(28-15-7-8-16-28)18-11-13-19(14-12-18)27(2)3/h5-6,9-14,21H,4,7-8,15-17H2,1-3H3,(H,25,29)(H,26,30)/t21-/m1/s1. The molecule has 7 heteroatoms. The number of benzene rings is 2. The van der Waals surface area contributed by atoms with E-state index in [2.05, 4.69) is 44.7 Å². The molecule has 1 aliphatic rings. The molecule has 0 radical (unpaired) electrons. The van der Waals surface area contributed by atoms with Gasteiger partial charge in [-0.3, -0.25) is 14.5 Å². The summed E-state index contributed by atoms with van der Waals surface area (Å²) in [5.41, 5.74) is 2.75. The summed E-state index contributed by atoms with van der Waals surface area (Å²) in [4.78, 5) is 29.4. The zero-order valence-electron chi connectivity index (χ0n) is 18.6. The Labute approximate surface area is 184 Å². The van der Waals surface area contributed by atoms with Gasteiger partial charge >= 0.3 is 11.8 Å². The van der Waals surface area contributed by atoms with Crippen molar-refractivity contribution < 1.29 is 14.3 Å². The van der Waals surface area contributed by atoms with Gasteiger partial charge < -0.3 is 20.3 Å². The van der Waals surface area contributed by atoms with Crippen molar-refractivity contribution in [1.29, 1.82) is 0 Å². The van der Waals surface area contributed by atoms with E-state index in [-0.39, 0.29) is 6.04 Å². The van der Waals surface area contributed by atoms with Gasteiger partial charge in [-0.05, 0) is 62.7 Å². The molecule has 0 saturated carbocycles. The fourth-order valence-corrected chi connectivity index (χ4v) is 3.81. The molecule has 0 aliphatic carbocycles. The number of hydrogen-bond donors (Lipinski definition) is 2. The molecule has 0 unspecified atom stereocenters. The van der Waals surface area contributed by atoms with Crippen LogP contribution in [0.25, 0.3) is 0 Å². The minimum atomic E-state index is -0.699. The predicted octanol–water partition coefficient (Wildman–Crippen LogP) is 3.04. The third-order valence-corrected chi connectivity index (χ3v) is 5.47. The summed E-state index contributed by atoms with van der Waals surface area (Å²) >= 11 is 0. The van der Waals surface area contributed by atoms with Crippen molar-refractivity contribution in [1.82, 2.24) is 10.2 Å². The first-order chi connectivity index (χ1) is 15.0. The van der Waals surface area contributed by atoms with Gasteiger partial charge in [0.2, 0.25) is 0 Å². The number of nitrogens with one attached hydrogen (secondary N) is 2. The molecule has 1 heterocycles. The van der Waals surface area contributed by atoms with Crippen molar-refractivity contribution in [2.45, 2.75) is 25.8 Å². The maximum absolute atomic E-state index is 12.5. The Bertz CT molecular complexity index is 877. The van der Waals surface area contributed by atoms with E-state index in [1.165, 1.54) is 0 Å². The van der Waals surface area contributed by atoms with Gasteiger partial charge in [-0.15, -0.1) is 0 Å². The molecule has 2 N–H and O–H groups in total. The molecule has 0 bridgehead atoms. The lowest BCUT2D eigenvalue weighted by Crippen LogP contribution is -2.41. The highest BCUT2D eigenvalue weighted by atomic mass is 16.5. The number of para-hydroxylation sites is 2. The number of ether oxygens (including phenoxy) is 1. The largest absolute Gasteiger partial charge is 0.492 e. The van der Waals surface area contributed by atoms with Crippen LogP contribution in [0.2, 0.25) is 0 Å². The number of likely N-dealkylation sites (tertiary alicyclic amines) is 1. The Hall–Kier alpha value is -3.06. The van der Waals surface area contributed by atoms with Crippen LogP contribution in [0.3, 0.4) is 0 Å². The summed E-state index contributed by atoms with van der Waals surface area (Å²) in [6.45, 7) is 4.70. The first kappa shape index (κ1) is 22.6. The lowest BCUT2D eigenvalue weighted by molar-refractivity contribution is -0.136. The van der Waals surface area contributed by atoms with Crippen LogP contribution < -0.4 is 20.3 Å². The Balaban J connectivity index is 1.65. The smallest absolute Gasteiger partial charge is 0.313 e. The van der Waals surface area contributed by atoms with Gasteiger partial charge in [-0.2, -0.15) is 0 Å². The van der Waals surface area contributed by atoms with Gasteiger partial charge in [0.15, 0.2) is 0 Å². The van der Waals surface area contributed by atoms with Gasteiger partial charge in [-0.1, -0.05) is 24.3 Å². The number of carbonyl (C=O) groups excluding carboxylic acids is 2. The fraction of sp³-hybridized carbons (Fsp3) is 0.417. The van der Waals surface area contributed by atoms with Crippen LogP contribution >= 0.6 is 0 Å². The number of hydrogen-bond acceptors (Lipinski definition) is 5. The highest BCUT2D eigenvalue weighted by Gasteiger charge is 2.25. The van der Waals surface area contributed by atoms with Crippen LogP contribution in [0.1, 0.15) is 31.4 Å². The maximum Gasteiger partial charge on any atom is 0.313 e. The normalized spacial score (nSPS) is 14.7. The third kappa shape index (κ3) is 5.98. The van der Waals surface area contributed by atoms with Crippen LogP contribution in [0, 0.1) is 0 Å². The van der Waals surface area contributed by atoms with Gasteiger partial charge in [0, 0.05) is 26.3 Å². The molecule has 1 fully saturated rings. The summed E-state index contributed by atoms with van der Waals surface area (Å²) in [6.07, 6.45) is 2.30. The fourth-order valence-electron chi connectivity index (χ4n) is 3.81. The number of carbonyl (C=O) groups is 2. The molecule has 166 valence electrons. The van der Waals surface area contributed by atoms with Crippen LogP contribution in [0.15, 0.2) is 48.5 Å². The number of amides is 2. The van der Waals surface area contributed by atoms with E-state index in [9.17, 15) is 9.59 Å². The van der Waals surface area contributed by atoms with Crippen molar-refractivity contribution in [3.05, 3.63) is 54.1 Å². The highest BCUT2D eigenvalue weighted by Crippen LogP contribution is 2.26. The first-order valence-electron chi connectivity index (χ1n) is 10.8. The number of nitrogens with zero attached hydrogens (tertiary/aromatic N) is 2. The highest BCUT2D eigenvalue weighted by molar-refractivity contribution is 6.39. The third-order valence-electron chi connectivity index (χ3n) is 5.47. The van der Waals surface area contributed by atoms with E-state index < -0.39 is 11.8 Å². The van der Waals surface area contributed by atoms with E-state index in [4.69, 9.17) is 4.74 Å². The van der Waals surface area contributed by atoms with Crippen molar-refractivity contribution in [2.24, 2.45) is 0 Å². The molecule has 2 aromatic carbocycles. The minimum Gasteiger partial charge on any atom is -0.492 e. The molecule has 3 rings (SSSR count). The first-order valence-corrected chi connectivity index (χ1v) is 10.8. The monoisotopic (exact) mass is 424 g/mol. The Morgan fingerprint density at radius 1 is 1.03 bits per heavy atom. The predicted molar refractivity (Wildman–Crippen MR) is 124 cm³/mol. The summed E-state index contributed by atoms with van der Waals surface area (Å²) in [5.74, 6) is -0.808. The number of rotatable bonds is 8. The molecule has 1 aliphatic heterocycles. The molecule has 31 heavy (non-hydrogen) atoms. The lowest BCUT2D eigenvalue weighted by atomic mass is 10.0. The molecular weight excluding hydrogens is 392 g/mol. The van der Waals surface area contributed by atoms with Gasteiger partial charge in [0.25, 0.3) is 0 Å². The molecule has 2 aromatic rings. The van der Waals surface area contributed by atoms with E-state index in [1.807, 2.05) is 27.1 Å². The summed E-state index contributed by atoms with van der Waals surface area (Å²) in [5, 5.41) is 5.48. The van der Waals surface area contributed by atoms with E-state index >= 15 is 0 Å². The minimum absolute atomic E-state index is 0.0335. The quantitative estimate of drug-likeness (QED) is 0.637. The van der Waals surface area contributed by atoms with Crippen LogP contribution in [0.4, 0.5) is 11.4 Å². The Morgan fingerprint density at radius 3 is 2.35 bits per heavy atom. The molecular formula is C24H32N4O3. The van der Waals surface area contributed by atoms with Gasteiger partial charge in [-0.25, -0.2) is 0 Å². The second kappa shape index (κ2) is 10.8. The van der Waals surface area contributed by atoms with Crippen molar-refractivity contribution >= 4 is 23.2 Å². The van der Waals surface area contributed by atoms with E-state index in [0.717, 1.165) is 37.2 Å². The summed E-state index contributed by atoms with van der Waals surface area (Å²) in [7, 11) is 4.02. The molecule has 2 amide bonds. The van der Waals surface area contributed by atoms with Crippen LogP contribution in [-0.4, -0.2) is 57.1 Å². The average molecular weight is 425 g/mol. The van der Waals surface area contributed by atoms with Crippen molar-refractivity contribution in [2.75, 3.05) is 50.6 Å². The second-order valence-electron chi connectivity index (χ2n) is 7.84. The SMILES string of the molecule is CCOc1ccccc1NC(=O)C(=O)NC[C@H](c1ccc(N(C)C)cc1)N1CCCC1. The molecule has 1 saturated heterocycles. The summed E-state index contributed by atoms with van der Waals surface area (Å²) < 4.78 is 5.51. The van der Waals surface area contributed by atoms with Gasteiger partial charge in [0.1, 0.15) is 5.75 Å². The number of anilines is 2. The Morgan fingerprint density at radius 2 is 1.71 bits per heavy atom. The summed E-state index contributed by atoms with van der Waals surface area (Å²) in [6, 6.07) is 15.5. The van der Waals surface area contributed by atoms with Crippen LogP contribution in [0.5, 0.6) is 5.75 Å². The van der Waals surface area contributed by atoms with Crippen molar-refractivity contribution in [3.8, 4) is 5.75 Å². The Kier molecular flexibility index (Phi) is 7.89. The second-order valence-corrected chi connectivity index (χ2v) is 7.84. The molecule has 0 spiro atoms. The molecule has 0 aromatic heterocycles.